The Hall–Kier alpha value is -2.86. The number of ketones is 1. The van der Waals surface area contributed by atoms with E-state index < -0.39 is 11.9 Å². The molecule has 0 saturated heterocycles. The summed E-state index contributed by atoms with van der Waals surface area (Å²) in [5.74, 6) is -0.0869. The summed E-state index contributed by atoms with van der Waals surface area (Å²) in [6.45, 7) is 2.24. The van der Waals surface area contributed by atoms with E-state index in [1.165, 1.54) is 0 Å². The van der Waals surface area contributed by atoms with Gasteiger partial charge < -0.3 is 14.8 Å². The number of esters is 1. The maximum absolute atomic E-state index is 13.2. The van der Waals surface area contributed by atoms with Gasteiger partial charge in [-0.1, -0.05) is 52.3 Å². The minimum atomic E-state index is -0.456. The highest BCUT2D eigenvalue weighted by atomic mass is 79.9. The molecule has 2 aromatic carbocycles. The zero-order valence-electron chi connectivity index (χ0n) is 17.3. The minimum Gasteiger partial charge on any atom is -0.490 e. The molecule has 1 atom stereocenters. The Morgan fingerprint density at radius 1 is 1.06 bits per heavy atom. The van der Waals surface area contributed by atoms with Crippen LogP contribution in [-0.2, 0) is 14.3 Å². The van der Waals surface area contributed by atoms with Gasteiger partial charge in [-0.25, -0.2) is 4.79 Å². The van der Waals surface area contributed by atoms with Crippen LogP contribution in [0.4, 0.5) is 0 Å². The Kier molecular flexibility index (Phi) is 6.56. The van der Waals surface area contributed by atoms with Gasteiger partial charge in [-0.3, -0.25) is 4.79 Å². The second kappa shape index (κ2) is 9.52. The Bertz CT molecular complexity index is 1060. The fourth-order valence-electron chi connectivity index (χ4n) is 4.16. The molecule has 6 heteroatoms. The van der Waals surface area contributed by atoms with E-state index in [1.807, 2.05) is 61.5 Å². The maximum Gasteiger partial charge on any atom is 0.336 e. The molecular formula is C25H24BrNO4. The maximum atomic E-state index is 13.2. The first-order valence-electron chi connectivity index (χ1n) is 10.4. The summed E-state index contributed by atoms with van der Waals surface area (Å²) in [7, 11) is 0. The van der Waals surface area contributed by atoms with Gasteiger partial charge in [0.15, 0.2) is 5.78 Å². The first-order chi connectivity index (χ1) is 15.1. The molecule has 0 amide bonds. The molecule has 0 bridgehead atoms. The van der Waals surface area contributed by atoms with E-state index in [-0.39, 0.29) is 19.0 Å². The van der Waals surface area contributed by atoms with Crippen LogP contribution in [0, 0.1) is 0 Å². The van der Waals surface area contributed by atoms with Crippen molar-refractivity contribution in [3.8, 4) is 5.75 Å². The molecule has 1 heterocycles. The van der Waals surface area contributed by atoms with Crippen molar-refractivity contribution in [2.75, 3.05) is 13.2 Å². The molecule has 0 spiro atoms. The molecule has 1 N–H and O–H groups in total. The Morgan fingerprint density at radius 3 is 2.58 bits per heavy atom. The number of hydrogen-bond donors (Lipinski definition) is 1. The van der Waals surface area contributed by atoms with Crippen molar-refractivity contribution < 1.29 is 19.1 Å². The number of hydrogen-bond acceptors (Lipinski definition) is 5. The molecule has 1 unspecified atom stereocenters. The van der Waals surface area contributed by atoms with Crippen molar-refractivity contribution in [2.24, 2.45) is 0 Å². The first kappa shape index (κ1) is 21.4. The summed E-state index contributed by atoms with van der Waals surface area (Å²) >= 11 is 3.61. The lowest BCUT2D eigenvalue weighted by Crippen LogP contribution is -2.34. The summed E-state index contributed by atoms with van der Waals surface area (Å²) < 4.78 is 12.1. The number of carbonyl (C=O) groups is 2. The van der Waals surface area contributed by atoms with E-state index in [9.17, 15) is 9.59 Å². The zero-order chi connectivity index (χ0) is 21.8. The summed E-state index contributed by atoms with van der Waals surface area (Å²) in [6.07, 6.45) is 2.11. The largest absolute Gasteiger partial charge is 0.490 e. The number of dihydropyridines is 1. The third-order valence-electron chi connectivity index (χ3n) is 5.54. The zero-order valence-corrected chi connectivity index (χ0v) is 18.9. The monoisotopic (exact) mass is 481 g/mol. The number of allylic oxidation sites excluding steroid dienone is 3. The van der Waals surface area contributed by atoms with E-state index in [2.05, 4.69) is 21.2 Å². The van der Waals surface area contributed by atoms with E-state index in [0.29, 0.717) is 17.6 Å². The first-order valence-corrected chi connectivity index (χ1v) is 11.2. The lowest BCUT2D eigenvalue weighted by molar-refractivity contribution is -0.140. The van der Waals surface area contributed by atoms with Gasteiger partial charge in [-0.15, -0.1) is 0 Å². The molecule has 1 aliphatic carbocycles. The number of Topliss-reactive ketones (excluding diaryl/α,β-unsaturated/α-hetero) is 1. The molecule has 0 fully saturated rings. The van der Waals surface area contributed by atoms with Crippen molar-refractivity contribution in [1.82, 2.24) is 5.32 Å². The number of halogens is 1. The van der Waals surface area contributed by atoms with Crippen LogP contribution < -0.4 is 10.1 Å². The number of para-hydroxylation sites is 1. The summed E-state index contributed by atoms with van der Waals surface area (Å²) in [4.78, 5) is 26.1. The molecule has 1 aliphatic heterocycles. The van der Waals surface area contributed by atoms with Crippen molar-refractivity contribution in [3.05, 3.63) is 87.2 Å². The van der Waals surface area contributed by atoms with Crippen molar-refractivity contribution in [3.63, 3.8) is 0 Å². The molecule has 0 aromatic heterocycles. The third-order valence-corrected chi connectivity index (χ3v) is 6.26. The van der Waals surface area contributed by atoms with Crippen LogP contribution in [0.2, 0.25) is 0 Å². The molecule has 31 heavy (non-hydrogen) atoms. The van der Waals surface area contributed by atoms with Crippen LogP contribution >= 0.6 is 15.9 Å². The number of carbonyl (C=O) groups excluding carboxylic acids is 2. The summed E-state index contributed by atoms with van der Waals surface area (Å²) in [5.41, 5.74) is 3.68. The van der Waals surface area contributed by atoms with E-state index >= 15 is 0 Å². The summed E-state index contributed by atoms with van der Waals surface area (Å²) in [5, 5.41) is 3.31. The third kappa shape index (κ3) is 4.59. The molecule has 5 nitrogen and oxygen atoms in total. The highest BCUT2D eigenvalue weighted by Gasteiger charge is 2.39. The Balaban J connectivity index is 1.57. The van der Waals surface area contributed by atoms with E-state index in [1.54, 1.807) is 0 Å². The topological polar surface area (TPSA) is 64.6 Å². The highest BCUT2D eigenvalue weighted by Crippen LogP contribution is 2.44. The lowest BCUT2D eigenvalue weighted by atomic mass is 9.75. The molecular weight excluding hydrogens is 458 g/mol. The quantitative estimate of drug-likeness (QED) is 0.462. The molecule has 160 valence electrons. The highest BCUT2D eigenvalue weighted by molar-refractivity contribution is 9.10. The van der Waals surface area contributed by atoms with Crippen LogP contribution in [0.5, 0.6) is 5.75 Å². The second-order valence-electron chi connectivity index (χ2n) is 7.58. The molecule has 0 saturated carbocycles. The lowest BCUT2D eigenvalue weighted by Gasteiger charge is -2.34. The normalized spacial score (nSPS) is 18.4. The van der Waals surface area contributed by atoms with Crippen LogP contribution in [-0.4, -0.2) is 25.0 Å². The molecule has 4 rings (SSSR count). The Morgan fingerprint density at radius 2 is 1.81 bits per heavy atom. The minimum absolute atomic E-state index is 0.0831. The van der Waals surface area contributed by atoms with Gasteiger partial charge >= 0.3 is 5.97 Å². The predicted octanol–water partition coefficient (Wildman–Crippen LogP) is 5.04. The average Bonchev–Trinajstić information content (AvgIpc) is 2.77. The standard InChI is InChI=1S/C25H24BrNO4/c1-16-22(25(29)31-15-14-30-17-8-3-2-4-9-17)23(18-10-5-6-11-19(18)26)24-20(27-16)12-7-13-21(24)28/h2-6,8-11,23,27H,7,12-15H2,1H3. The van der Waals surface area contributed by atoms with Gasteiger partial charge in [-0.2, -0.15) is 0 Å². The number of nitrogens with one attached hydrogen (secondary N) is 1. The van der Waals surface area contributed by atoms with Gasteiger partial charge in [0.2, 0.25) is 0 Å². The summed E-state index contributed by atoms with van der Waals surface area (Å²) in [6, 6.07) is 17.1. The number of rotatable bonds is 6. The van der Waals surface area contributed by atoms with Crippen molar-refractivity contribution in [2.45, 2.75) is 32.1 Å². The van der Waals surface area contributed by atoms with Crippen LogP contribution in [0.3, 0.4) is 0 Å². The number of ether oxygens (including phenoxy) is 2. The second-order valence-corrected chi connectivity index (χ2v) is 8.44. The molecule has 2 aliphatic rings. The Labute approximate surface area is 190 Å². The van der Waals surface area contributed by atoms with Crippen molar-refractivity contribution in [1.29, 1.82) is 0 Å². The van der Waals surface area contributed by atoms with Gasteiger partial charge in [-0.05, 0) is 43.5 Å². The van der Waals surface area contributed by atoms with Gasteiger partial charge in [0.05, 0.1) is 5.57 Å². The molecule has 2 aromatic rings. The van der Waals surface area contributed by atoms with Crippen molar-refractivity contribution >= 4 is 27.7 Å². The average molecular weight is 482 g/mol. The van der Waals surface area contributed by atoms with Crippen LogP contribution in [0.1, 0.15) is 37.7 Å². The van der Waals surface area contributed by atoms with Crippen LogP contribution in [0.25, 0.3) is 0 Å². The van der Waals surface area contributed by atoms with Gasteiger partial charge in [0, 0.05) is 33.8 Å². The smallest absolute Gasteiger partial charge is 0.336 e. The fourth-order valence-corrected chi connectivity index (χ4v) is 4.68. The predicted molar refractivity (Wildman–Crippen MR) is 121 cm³/mol. The SMILES string of the molecule is CC1=C(C(=O)OCCOc2ccccc2)C(c2ccccc2Br)C2=C(CCCC2=O)N1. The van der Waals surface area contributed by atoms with Gasteiger partial charge in [0.25, 0.3) is 0 Å². The molecule has 0 radical (unpaired) electrons. The van der Waals surface area contributed by atoms with E-state index in [4.69, 9.17) is 9.47 Å². The number of benzene rings is 2. The van der Waals surface area contributed by atoms with Crippen LogP contribution in [0.15, 0.2) is 81.6 Å². The fraction of sp³-hybridized carbons (Fsp3) is 0.280. The van der Waals surface area contributed by atoms with Gasteiger partial charge in [0.1, 0.15) is 19.0 Å². The van der Waals surface area contributed by atoms with E-state index in [0.717, 1.165) is 40.0 Å².